The van der Waals surface area contributed by atoms with Crippen LogP contribution >= 0.6 is 11.6 Å². The quantitative estimate of drug-likeness (QED) is 0.387. The predicted octanol–water partition coefficient (Wildman–Crippen LogP) is 6.32. The molecule has 0 radical (unpaired) electrons. The van der Waals surface area contributed by atoms with Crippen molar-refractivity contribution in [3.8, 4) is 5.75 Å². The van der Waals surface area contributed by atoms with Crippen LogP contribution in [0.15, 0.2) is 66.7 Å². The van der Waals surface area contributed by atoms with Gasteiger partial charge in [0, 0.05) is 33.9 Å². The summed E-state index contributed by atoms with van der Waals surface area (Å²) in [7, 11) is 1.68. The van der Waals surface area contributed by atoms with Crippen molar-refractivity contribution < 1.29 is 9.53 Å². The molecule has 0 fully saturated rings. The average Bonchev–Trinajstić information content (AvgIpc) is 3.18. The average molecular weight is 446 g/mol. The fourth-order valence-electron chi connectivity index (χ4n) is 4.56. The first kappa shape index (κ1) is 20.5. The van der Waals surface area contributed by atoms with E-state index in [0.717, 1.165) is 45.6 Å². The number of rotatable bonds is 3. The molecule has 0 aliphatic carbocycles. The van der Waals surface area contributed by atoms with Crippen molar-refractivity contribution in [3.63, 3.8) is 0 Å². The van der Waals surface area contributed by atoms with E-state index in [2.05, 4.69) is 35.4 Å². The van der Waals surface area contributed by atoms with Crippen LogP contribution in [-0.2, 0) is 6.42 Å². The molecular weight excluding hydrogens is 422 g/mol. The molecule has 32 heavy (non-hydrogen) atoms. The van der Waals surface area contributed by atoms with E-state index in [9.17, 15) is 4.79 Å². The molecule has 1 unspecified atom stereocenters. The smallest absolute Gasteiger partial charge is 0.322 e. The van der Waals surface area contributed by atoms with Gasteiger partial charge in [0.2, 0.25) is 0 Å². The molecular formula is C26H24ClN3O2. The van der Waals surface area contributed by atoms with Crippen molar-refractivity contribution >= 4 is 34.2 Å². The van der Waals surface area contributed by atoms with Gasteiger partial charge >= 0.3 is 6.03 Å². The minimum atomic E-state index is -0.217. The Morgan fingerprint density at radius 3 is 2.66 bits per heavy atom. The third-order valence-corrected chi connectivity index (χ3v) is 6.43. The number of carbonyl (C=O) groups excluding carboxylic acids is 1. The number of aryl methyl sites for hydroxylation is 1. The zero-order valence-electron chi connectivity index (χ0n) is 18.0. The maximum atomic E-state index is 13.4. The number of anilines is 1. The zero-order valence-corrected chi connectivity index (χ0v) is 18.7. The topological polar surface area (TPSA) is 57.4 Å². The lowest BCUT2D eigenvalue weighted by Gasteiger charge is -2.37. The Morgan fingerprint density at radius 2 is 1.91 bits per heavy atom. The van der Waals surface area contributed by atoms with Crippen LogP contribution in [0.3, 0.4) is 0 Å². The molecule has 2 amide bonds. The van der Waals surface area contributed by atoms with Crippen molar-refractivity contribution in [2.45, 2.75) is 19.4 Å². The van der Waals surface area contributed by atoms with Crippen molar-refractivity contribution in [1.82, 2.24) is 9.88 Å². The van der Waals surface area contributed by atoms with Crippen LogP contribution < -0.4 is 10.1 Å². The van der Waals surface area contributed by atoms with Crippen LogP contribution in [-0.4, -0.2) is 29.6 Å². The molecule has 1 atom stereocenters. The van der Waals surface area contributed by atoms with Gasteiger partial charge in [-0.2, -0.15) is 0 Å². The number of ether oxygens (including phenoxy) is 1. The second-order valence-electron chi connectivity index (χ2n) is 8.07. The van der Waals surface area contributed by atoms with Gasteiger partial charge in [0.25, 0.3) is 0 Å². The highest BCUT2D eigenvalue weighted by Gasteiger charge is 2.35. The second kappa shape index (κ2) is 8.24. The maximum absolute atomic E-state index is 13.4. The van der Waals surface area contributed by atoms with Crippen molar-refractivity contribution in [2.24, 2.45) is 0 Å². The highest BCUT2D eigenvalue weighted by molar-refractivity contribution is 6.30. The SMILES string of the molecule is COc1ccc2[nH]c3c(c2c1)CCN(C(=O)Nc1ccc(Cl)cc1)C3c1ccccc1C. The van der Waals surface area contributed by atoms with Crippen LogP contribution in [0.2, 0.25) is 5.02 Å². The molecule has 1 aliphatic heterocycles. The lowest BCUT2D eigenvalue weighted by atomic mass is 9.90. The molecule has 4 aromatic rings. The lowest BCUT2D eigenvalue weighted by Crippen LogP contribution is -2.43. The van der Waals surface area contributed by atoms with Crippen molar-refractivity contribution in [1.29, 1.82) is 0 Å². The van der Waals surface area contributed by atoms with Gasteiger partial charge < -0.3 is 19.9 Å². The van der Waals surface area contributed by atoms with Crippen LogP contribution in [0.5, 0.6) is 5.75 Å². The Hall–Kier alpha value is -3.44. The van der Waals surface area contributed by atoms with E-state index < -0.39 is 0 Å². The maximum Gasteiger partial charge on any atom is 0.322 e. The van der Waals surface area contributed by atoms with E-state index >= 15 is 0 Å². The Balaban J connectivity index is 1.60. The lowest BCUT2D eigenvalue weighted by molar-refractivity contribution is 0.193. The summed E-state index contributed by atoms with van der Waals surface area (Å²) in [5.74, 6) is 0.828. The number of aromatic amines is 1. The monoisotopic (exact) mass is 445 g/mol. The van der Waals surface area contributed by atoms with E-state index in [4.69, 9.17) is 16.3 Å². The number of nitrogens with zero attached hydrogens (tertiary/aromatic N) is 1. The largest absolute Gasteiger partial charge is 0.497 e. The number of amides is 2. The predicted molar refractivity (Wildman–Crippen MR) is 129 cm³/mol. The number of aromatic nitrogens is 1. The zero-order chi connectivity index (χ0) is 22.2. The summed E-state index contributed by atoms with van der Waals surface area (Å²) >= 11 is 6.00. The highest BCUT2D eigenvalue weighted by Crippen LogP contribution is 2.40. The summed E-state index contributed by atoms with van der Waals surface area (Å²) in [6, 6.07) is 21.1. The van der Waals surface area contributed by atoms with E-state index in [0.29, 0.717) is 11.6 Å². The van der Waals surface area contributed by atoms with E-state index in [1.54, 1.807) is 19.2 Å². The number of urea groups is 1. The van der Waals surface area contributed by atoms with Crippen LogP contribution in [0.4, 0.5) is 10.5 Å². The Kier molecular flexibility index (Phi) is 5.27. The molecule has 5 rings (SSSR count). The summed E-state index contributed by atoms with van der Waals surface area (Å²) < 4.78 is 5.45. The van der Waals surface area contributed by atoms with Gasteiger partial charge in [0.1, 0.15) is 5.75 Å². The molecule has 3 aromatic carbocycles. The Labute approximate surface area is 192 Å². The van der Waals surface area contributed by atoms with Gasteiger partial charge in [-0.15, -0.1) is 0 Å². The van der Waals surface area contributed by atoms with Gasteiger partial charge in [-0.25, -0.2) is 4.79 Å². The van der Waals surface area contributed by atoms with Gasteiger partial charge in [-0.05, 0) is 72.5 Å². The number of H-pyrrole nitrogens is 1. The summed E-state index contributed by atoms with van der Waals surface area (Å²) in [4.78, 5) is 18.9. The number of nitrogens with one attached hydrogen (secondary N) is 2. The summed E-state index contributed by atoms with van der Waals surface area (Å²) in [6.45, 7) is 2.69. The van der Waals surface area contributed by atoms with E-state index in [1.807, 2.05) is 41.3 Å². The third-order valence-electron chi connectivity index (χ3n) is 6.17. The number of halogens is 1. The van der Waals surface area contributed by atoms with Crippen molar-refractivity contribution in [2.75, 3.05) is 19.0 Å². The third kappa shape index (κ3) is 3.59. The fraction of sp³-hybridized carbons (Fsp3) is 0.192. The Morgan fingerprint density at radius 1 is 1.12 bits per heavy atom. The number of carbonyl (C=O) groups is 1. The summed E-state index contributed by atoms with van der Waals surface area (Å²) in [5, 5.41) is 4.82. The van der Waals surface area contributed by atoms with Crippen LogP contribution in [0, 0.1) is 6.92 Å². The van der Waals surface area contributed by atoms with E-state index in [-0.39, 0.29) is 12.1 Å². The van der Waals surface area contributed by atoms with Gasteiger partial charge in [-0.3, -0.25) is 0 Å². The molecule has 2 heterocycles. The minimum absolute atomic E-state index is 0.137. The normalized spacial score (nSPS) is 15.5. The first-order valence-electron chi connectivity index (χ1n) is 10.6. The number of hydrogen-bond donors (Lipinski definition) is 2. The van der Waals surface area contributed by atoms with Crippen molar-refractivity contribution in [3.05, 3.63) is 94.1 Å². The Bertz CT molecular complexity index is 1300. The van der Waals surface area contributed by atoms with Gasteiger partial charge in [0.05, 0.1) is 13.2 Å². The molecule has 0 saturated carbocycles. The summed E-state index contributed by atoms with van der Waals surface area (Å²) in [6.07, 6.45) is 0.763. The van der Waals surface area contributed by atoms with Gasteiger partial charge in [0.15, 0.2) is 0 Å². The molecule has 0 saturated heterocycles. The number of hydrogen-bond acceptors (Lipinski definition) is 2. The molecule has 2 N–H and O–H groups in total. The molecule has 6 heteroatoms. The van der Waals surface area contributed by atoms with E-state index in [1.165, 1.54) is 5.56 Å². The fourth-order valence-corrected chi connectivity index (χ4v) is 4.68. The number of fused-ring (bicyclic) bond motifs is 3. The second-order valence-corrected chi connectivity index (χ2v) is 8.50. The molecule has 5 nitrogen and oxygen atoms in total. The molecule has 1 aliphatic rings. The number of methoxy groups -OCH3 is 1. The highest BCUT2D eigenvalue weighted by atomic mass is 35.5. The van der Waals surface area contributed by atoms with Crippen LogP contribution in [0.25, 0.3) is 10.9 Å². The first-order chi connectivity index (χ1) is 15.5. The van der Waals surface area contributed by atoms with Gasteiger partial charge in [-0.1, -0.05) is 35.9 Å². The molecule has 0 bridgehead atoms. The molecule has 1 aromatic heterocycles. The summed E-state index contributed by atoms with van der Waals surface area (Å²) in [5.41, 5.74) is 6.32. The minimum Gasteiger partial charge on any atom is -0.497 e. The van der Waals surface area contributed by atoms with Crippen LogP contribution in [0.1, 0.15) is 28.4 Å². The standard InChI is InChI=1S/C26H24ClN3O2/c1-16-5-3-4-6-20(16)25-24-21(22-15-19(32-2)11-12-23(22)29-24)13-14-30(25)26(31)28-18-9-7-17(27)8-10-18/h3-12,15,25,29H,13-14H2,1-2H3,(H,28,31). The molecule has 0 spiro atoms. The number of benzene rings is 3. The first-order valence-corrected chi connectivity index (χ1v) is 11.0. The molecule has 162 valence electrons.